The molecule has 0 atom stereocenters. The van der Waals surface area contributed by atoms with E-state index in [0.29, 0.717) is 0 Å². The highest BCUT2D eigenvalue weighted by atomic mass is 16.5. The summed E-state index contributed by atoms with van der Waals surface area (Å²) >= 11 is 0. The van der Waals surface area contributed by atoms with E-state index in [2.05, 4.69) is 55.5 Å². The molecule has 2 rings (SSSR count). The van der Waals surface area contributed by atoms with Gasteiger partial charge in [-0.25, -0.2) is 0 Å². The molecule has 1 aromatic carbocycles. The highest BCUT2D eigenvalue weighted by Crippen LogP contribution is 2.37. The summed E-state index contributed by atoms with van der Waals surface area (Å²) in [6.45, 7) is 5.71. The number of hydrogen-bond donors (Lipinski definition) is 0. The van der Waals surface area contributed by atoms with Crippen molar-refractivity contribution in [2.24, 2.45) is 5.92 Å². The van der Waals surface area contributed by atoms with Crippen LogP contribution in [0.25, 0.3) is 0 Å². The van der Waals surface area contributed by atoms with Gasteiger partial charge in [-0.05, 0) is 75.3 Å². The van der Waals surface area contributed by atoms with Crippen LogP contribution in [0.5, 0.6) is 0 Å². The van der Waals surface area contributed by atoms with Crippen LogP contribution in [0.3, 0.4) is 0 Å². The van der Waals surface area contributed by atoms with Crippen LogP contribution in [-0.2, 0) is 11.3 Å². The molecule has 0 bridgehead atoms. The molecule has 1 aliphatic rings. The van der Waals surface area contributed by atoms with Crippen LogP contribution in [0.2, 0.25) is 0 Å². The van der Waals surface area contributed by atoms with E-state index >= 15 is 0 Å². The van der Waals surface area contributed by atoms with Crippen LogP contribution in [0.15, 0.2) is 48.6 Å². The number of benzene rings is 1. The van der Waals surface area contributed by atoms with Crippen molar-refractivity contribution in [1.82, 2.24) is 0 Å². The van der Waals surface area contributed by atoms with Crippen molar-refractivity contribution in [2.45, 2.75) is 64.9 Å². The lowest BCUT2D eigenvalue weighted by Crippen LogP contribution is -2.12. The fraction of sp³-hybridized carbons (Fsp3) is 0.545. The van der Waals surface area contributed by atoms with Crippen molar-refractivity contribution in [2.75, 3.05) is 6.61 Å². The SMILES string of the molecule is CC=CCCOCc1ccc([C@H]2CC[C@H](CC=CC)CC2)cc1. The van der Waals surface area contributed by atoms with Crippen LogP contribution < -0.4 is 0 Å². The predicted octanol–water partition coefficient (Wildman–Crippen LogP) is 6.41. The van der Waals surface area contributed by atoms with E-state index in [1.807, 2.05) is 6.92 Å². The van der Waals surface area contributed by atoms with Gasteiger partial charge in [-0.3, -0.25) is 0 Å². The Hall–Kier alpha value is -1.34. The molecule has 1 aromatic rings. The molecule has 1 nitrogen and oxygen atoms in total. The van der Waals surface area contributed by atoms with E-state index in [1.165, 1.54) is 43.2 Å². The summed E-state index contributed by atoms with van der Waals surface area (Å²) in [5, 5.41) is 0. The van der Waals surface area contributed by atoms with Gasteiger partial charge in [-0.2, -0.15) is 0 Å². The zero-order chi connectivity index (χ0) is 16.3. The molecule has 1 heteroatoms. The number of ether oxygens (including phenoxy) is 1. The maximum absolute atomic E-state index is 5.70. The Morgan fingerprint density at radius 1 is 0.957 bits per heavy atom. The van der Waals surface area contributed by atoms with E-state index in [1.54, 1.807) is 0 Å². The Morgan fingerprint density at radius 3 is 2.30 bits per heavy atom. The molecule has 0 unspecified atom stereocenters. The molecule has 1 aliphatic carbocycles. The van der Waals surface area contributed by atoms with Crippen molar-refractivity contribution in [1.29, 1.82) is 0 Å². The fourth-order valence-corrected chi connectivity index (χ4v) is 3.45. The predicted molar refractivity (Wildman–Crippen MR) is 99.7 cm³/mol. The van der Waals surface area contributed by atoms with Crippen LogP contribution in [0.1, 0.15) is 69.4 Å². The van der Waals surface area contributed by atoms with E-state index in [0.717, 1.165) is 31.5 Å². The van der Waals surface area contributed by atoms with Gasteiger partial charge in [0.1, 0.15) is 0 Å². The minimum Gasteiger partial charge on any atom is -0.376 e. The van der Waals surface area contributed by atoms with Gasteiger partial charge < -0.3 is 4.74 Å². The van der Waals surface area contributed by atoms with Crippen molar-refractivity contribution in [3.05, 3.63) is 59.7 Å². The standard InChI is InChI=1S/C22H32O/c1-3-5-7-17-23-18-20-11-15-22(16-12-20)21-13-9-19(10-14-21)8-6-4-2/h3-6,11-12,15-16,19,21H,7-10,13-14,17-18H2,1-2H3/t19-,21-. The molecule has 1 fully saturated rings. The minimum atomic E-state index is 0.730. The smallest absolute Gasteiger partial charge is 0.0717 e. The third-order valence-electron chi connectivity index (χ3n) is 4.94. The quantitative estimate of drug-likeness (QED) is 0.398. The molecule has 23 heavy (non-hydrogen) atoms. The average molecular weight is 312 g/mol. The molecular weight excluding hydrogens is 280 g/mol. The second-order valence-electron chi connectivity index (χ2n) is 6.67. The Labute approximate surface area is 142 Å². The minimum absolute atomic E-state index is 0.730. The first-order valence-corrected chi connectivity index (χ1v) is 9.22. The zero-order valence-electron chi connectivity index (χ0n) is 14.8. The van der Waals surface area contributed by atoms with Gasteiger partial charge >= 0.3 is 0 Å². The lowest BCUT2D eigenvalue weighted by atomic mass is 9.77. The van der Waals surface area contributed by atoms with E-state index < -0.39 is 0 Å². The van der Waals surface area contributed by atoms with Crippen LogP contribution in [-0.4, -0.2) is 6.61 Å². The van der Waals surface area contributed by atoms with Crippen LogP contribution >= 0.6 is 0 Å². The molecule has 0 radical (unpaired) electrons. The molecule has 1 saturated carbocycles. The molecule has 0 saturated heterocycles. The third-order valence-corrected chi connectivity index (χ3v) is 4.94. The Balaban J connectivity index is 1.74. The Morgan fingerprint density at radius 2 is 1.65 bits per heavy atom. The summed E-state index contributed by atoms with van der Waals surface area (Å²) in [5.41, 5.74) is 2.81. The monoisotopic (exact) mass is 312 g/mol. The number of hydrogen-bond acceptors (Lipinski definition) is 1. The maximum Gasteiger partial charge on any atom is 0.0717 e. The van der Waals surface area contributed by atoms with Crippen molar-refractivity contribution in [3.8, 4) is 0 Å². The topological polar surface area (TPSA) is 9.23 Å². The molecule has 0 spiro atoms. The molecule has 0 heterocycles. The van der Waals surface area contributed by atoms with E-state index in [4.69, 9.17) is 4.74 Å². The first kappa shape index (κ1) is 18.0. The summed E-state index contributed by atoms with van der Waals surface area (Å²) in [6.07, 6.45) is 16.5. The number of rotatable bonds is 8. The highest BCUT2D eigenvalue weighted by Gasteiger charge is 2.21. The number of allylic oxidation sites excluding steroid dienone is 3. The summed E-state index contributed by atoms with van der Waals surface area (Å²) in [6, 6.07) is 9.14. The maximum atomic E-state index is 5.70. The van der Waals surface area contributed by atoms with Crippen molar-refractivity contribution < 1.29 is 4.74 Å². The van der Waals surface area contributed by atoms with Gasteiger partial charge in [0.05, 0.1) is 13.2 Å². The highest BCUT2D eigenvalue weighted by molar-refractivity contribution is 5.25. The second-order valence-corrected chi connectivity index (χ2v) is 6.67. The van der Waals surface area contributed by atoms with Gasteiger partial charge in [0, 0.05) is 0 Å². The summed E-state index contributed by atoms with van der Waals surface area (Å²) < 4.78 is 5.70. The van der Waals surface area contributed by atoms with Crippen LogP contribution in [0.4, 0.5) is 0 Å². The van der Waals surface area contributed by atoms with Gasteiger partial charge in [0.15, 0.2) is 0 Å². The second kappa shape index (κ2) is 10.4. The van der Waals surface area contributed by atoms with Crippen molar-refractivity contribution >= 4 is 0 Å². The average Bonchev–Trinajstić information content (AvgIpc) is 2.61. The first-order valence-electron chi connectivity index (χ1n) is 9.22. The molecule has 0 N–H and O–H groups in total. The van der Waals surface area contributed by atoms with Gasteiger partial charge in [0.25, 0.3) is 0 Å². The lowest BCUT2D eigenvalue weighted by Gasteiger charge is -2.28. The van der Waals surface area contributed by atoms with Gasteiger partial charge in [-0.1, -0.05) is 48.6 Å². The first-order chi connectivity index (χ1) is 11.3. The molecule has 0 aliphatic heterocycles. The van der Waals surface area contributed by atoms with E-state index in [-0.39, 0.29) is 0 Å². The lowest BCUT2D eigenvalue weighted by molar-refractivity contribution is 0.125. The molecule has 0 amide bonds. The van der Waals surface area contributed by atoms with E-state index in [9.17, 15) is 0 Å². The van der Waals surface area contributed by atoms with Crippen LogP contribution in [0, 0.1) is 5.92 Å². The zero-order valence-corrected chi connectivity index (χ0v) is 14.8. The third kappa shape index (κ3) is 6.35. The van der Waals surface area contributed by atoms with Gasteiger partial charge in [-0.15, -0.1) is 0 Å². The molecule has 0 aromatic heterocycles. The Kier molecular flexibility index (Phi) is 8.17. The molecule has 126 valence electrons. The summed E-state index contributed by atoms with van der Waals surface area (Å²) in [4.78, 5) is 0. The Bertz CT molecular complexity index is 475. The fourth-order valence-electron chi connectivity index (χ4n) is 3.45. The molecular formula is C22H32O. The largest absolute Gasteiger partial charge is 0.376 e. The summed E-state index contributed by atoms with van der Waals surface area (Å²) in [5.74, 6) is 1.67. The summed E-state index contributed by atoms with van der Waals surface area (Å²) in [7, 11) is 0. The van der Waals surface area contributed by atoms with Gasteiger partial charge in [0.2, 0.25) is 0 Å². The van der Waals surface area contributed by atoms with Crippen molar-refractivity contribution in [3.63, 3.8) is 0 Å². The normalized spacial score (nSPS) is 22.2.